The molecule has 0 atom stereocenters. The fraction of sp³-hybridized carbons (Fsp3) is 0.500. The van der Waals surface area contributed by atoms with Crippen molar-refractivity contribution in [1.82, 2.24) is 4.31 Å². The van der Waals surface area contributed by atoms with Crippen LogP contribution < -0.4 is 4.74 Å². The molecule has 1 aliphatic heterocycles. The number of hydrogen-bond donors (Lipinski definition) is 0. The van der Waals surface area contributed by atoms with Crippen LogP contribution in [0.25, 0.3) is 0 Å². The van der Waals surface area contributed by atoms with Crippen molar-refractivity contribution >= 4 is 16.0 Å². The zero-order valence-corrected chi connectivity index (χ0v) is 14.8. The molecule has 0 aliphatic carbocycles. The summed E-state index contributed by atoms with van der Waals surface area (Å²) < 4.78 is 42.4. The first-order chi connectivity index (χ1) is 12.0. The fourth-order valence-corrected chi connectivity index (χ4v) is 3.92. The van der Waals surface area contributed by atoms with Crippen LogP contribution in [0.1, 0.15) is 23.2 Å². The molecule has 0 N–H and O–H groups in total. The Labute approximate surface area is 146 Å². The molecular weight excluding hydrogens is 348 g/mol. The zero-order valence-electron chi connectivity index (χ0n) is 13.9. The molecule has 1 aromatic carbocycles. The number of nitriles is 1. The Morgan fingerprint density at radius 2 is 2.08 bits per heavy atom. The molecule has 1 saturated heterocycles. The van der Waals surface area contributed by atoms with Gasteiger partial charge in [-0.05, 0) is 24.6 Å². The number of sulfonamides is 1. The van der Waals surface area contributed by atoms with Gasteiger partial charge in [0.2, 0.25) is 10.0 Å². The summed E-state index contributed by atoms with van der Waals surface area (Å²) in [6.45, 7) is 1.23. The Bertz CT molecular complexity index is 750. The van der Waals surface area contributed by atoms with Crippen LogP contribution in [0.4, 0.5) is 0 Å². The van der Waals surface area contributed by atoms with Gasteiger partial charge in [-0.1, -0.05) is 0 Å². The maximum Gasteiger partial charge on any atom is 0.338 e. The molecule has 0 radical (unpaired) electrons. The van der Waals surface area contributed by atoms with E-state index in [1.807, 2.05) is 6.07 Å². The Kier molecular flexibility index (Phi) is 6.75. The standard InChI is InChI=1S/C16H20N2O6S/c1-22-14-5-4-13(16(19)24-9-3-2-6-17)12-15(14)25(20,21)18-7-10-23-11-8-18/h4-5,12H,2-3,7-11H2,1H3. The second-order valence-corrected chi connectivity index (χ2v) is 7.19. The molecule has 0 spiro atoms. The van der Waals surface area contributed by atoms with Crippen molar-refractivity contribution in [1.29, 1.82) is 5.26 Å². The summed E-state index contributed by atoms with van der Waals surface area (Å²) >= 11 is 0. The molecule has 1 aromatic rings. The van der Waals surface area contributed by atoms with E-state index in [9.17, 15) is 13.2 Å². The van der Waals surface area contributed by atoms with Crippen LogP contribution in [0.2, 0.25) is 0 Å². The lowest BCUT2D eigenvalue weighted by Crippen LogP contribution is -2.40. The van der Waals surface area contributed by atoms with Gasteiger partial charge < -0.3 is 14.2 Å². The number of carbonyl (C=O) groups excluding carboxylic acids is 1. The molecule has 0 amide bonds. The molecule has 136 valence electrons. The van der Waals surface area contributed by atoms with Crippen molar-refractivity contribution < 1.29 is 27.4 Å². The Morgan fingerprint density at radius 1 is 1.36 bits per heavy atom. The molecule has 0 aromatic heterocycles. The maximum atomic E-state index is 12.8. The van der Waals surface area contributed by atoms with Gasteiger partial charge in [0.25, 0.3) is 0 Å². The second kappa shape index (κ2) is 8.80. The molecule has 25 heavy (non-hydrogen) atoms. The van der Waals surface area contributed by atoms with E-state index in [-0.39, 0.29) is 42.3 Å². The minimum Gasteiger partial charge on any atom is -0.495 e. The fourth-order valence-electron chi connectivity index (χ4n) is 2.33. The quantitative estimate of drug-likeness (QED) is 0.525. The normalized spacial score (nSPS) is 15.4. The van der Waals surface area contributed by atoms with Crippen molar-refractivity contribution in [3.8, 4) is 11.8 Å². The summed E-state index contributed by atoms with van der Waals surface area (Å²) in [5, 5.41) is 8.47. The number of methoxy groups -OCH3 is 1. The first kappa shape index (κ1) is 19.2. The van der Waals surface area contributed by atoms with E-state index in [2.05, 4.69) is 0 Å². The molecule has 0 saturated carbocycles. The van der Waals surface area contributed by atoms with Gasteiger partial charge in [0.1, 0.15) is 10.6 Å². The van der Waals surface area contributed by atoms with Crippen molar-refractivity contribution in [2.24, 2.45) is 0 Å². The minimum absolute atomic E-state index is 0.0802. The number of benzene rings is 1. The molecular formula is C16H20N2O6S. The number of unbranched alkanes of at least 4 members (excludes halogenated alkanes) is 1. The average Bonchev–Trinajstić information content (AvgIpc) is 2.65. The maximum absolute atomic E-state index is 12.8. The van der Waals surface area contributed by atoms with Gasteiger partial charge in [0, 0.05) is 19.5 Å². The SMILES string of the molecule is COc1ccc(C(=O)OCCCC#N)cc1S(=O)(=O)N1CCOCC1. The molecule has 9 heteroatoms. The molecule has 1 aliphatic rings. The van der Waals surface area contributed by atoms with E-state index in [4.69, 9.17) is 19.5 Å². The van der Waals surface area contributed by atoms with Crippen LogP contribution in [0, 0.1) is 11.3 Å². The predicted molar refractivity (Wildman–Crippen MR) is 87.7 cm³/mol. The summed E-state index contributed by atoms with van der Waals surface area (Å²) in [7, 11) is -2.44. The van der Waals surface area contributed by atoms with E-state index < -0.39 is 16.0 Å². The molecule has 0 unspecified atom stereocenters. The van der Waals surface area contributed by atoms with Crippen LogP contribution in [-0.2, 0) is 19.5 Å². The predicted octanol–water partition coefficient (Wildman–Crippen LogP) is 1.18. The van der Waals surface area contributed by atoms with Crippen molar-refractivity contribution in [3.05, 3.63) is 23.8 Å². The van der Waals surface area contributed by atoms with Crippen molar-refractivity contribution in [2.75, 3.05) is 40.0 Å². The number of rotatable bonds is 7. The first-order valence-electron chi connectivity index (χ1n) is 7.80. The summed E-state index contributed by atoms with van der Waals surface area (Å²) in [5.41, 5.74) is 0.115. The van der Waals surface area contributed by atoms with E-state index in [1.54, 1.807) is 0 Å². The highest BCUT2D eigenvalue weighted by Gasteiger charge is 2.30. The summed E-state index contributed by atoms with van der Waals surface area (Å²) in [6, 6.07) is 6.10. The molecule has 8 nitrogen and oxygen atoms in total. The van der Waals surface area contributed by atoms with E-state index in [0.29, 0.717) is 19.6 Å². The van der Waals surface area contributed by atoms with Crippen molar-refractivity contribution in [2.45, 2.75) is 17.7 Å². The molecule has 1 fully saturated rings. The van der Waals surface area contributed by atoms with Gasteiger partial charge in [-0.15, -0.1) is 0 Å². The lowest BCUT2D eigenvalue weighted by molar-refractivity contribution is 0.0501. The molecule has 2 rings (SSSR count). The summed E-state index contributed by atoms with van der Waals surface area (Å²) in [4.78, 5) is 12.0. The highest BCUT2D eigenvalue weighted by atomic mass is 32.2. The van der Waals surface area contributed by atoms with Crippen LogP contribution >= 0.6 is 0 Å². The third kappa shape index (κ3) is 4.69. The molecule has 1 heterocycles. The van der Waals surface area contributed by atoms with E-state index in [1.165, 1.54) is 29.6 Å². The third-order valence-corrected chi connectivity index (χ3v) is 5.57. The van der Waals surface area contributed by atoms with Gasteiger partial charge in [-0.2, -0.15) is 9.57 Å². The topological polar surface area (TPSA) is 106 Å². The van der Waals surface area contributed by atoms with Crippen LogP contribution in [-0.4, -0.2) is 58.7 Å². The number of hydrogen-bond acceptors (Lipinski definition) is 7. The van der Waals surface area contributed by atoms with E-state index >= 15 is 0 Å². The number of carbonyl (C=O) groups is 1. The zero-order chi connectivity index (χ0) is 18.3. The second-order valence-electron chi connectivity index (χ2n) is 5.28. The smallest absolute Gasteiger partial charge is 0.338 e. The van der Waals surface area contributed by atoms with Crippen molar-refractivity contribution in [3.63, 3.8) is 0 Å². The number of morpholine rings is 1. The number of esters is 1. The Morgan fingerprint density at radius 3 is 2.72 bits per heavy atom. The highest BCUT2D eigenvalue weighted by molar-refractivity contribution is 7.89. The number of ether oxygens (including phenoxy) is 3. The first-order valence-corrected chi connectivity index (χ1v) is 9.24. The van der Waals surface area contributed by atoms with Crippen LogP contribution in [0.15, 0.2) is 23.1 Å². The van der Waals surface area contributed by atoms with Gasteiger partial charge >= 0.3 is 5.97 Å². The lowest BCUT2D eigenvalue weighted by atomic mass is 10.2. The highest BCUT2D eigenvalue weighted by Crippen LogP contribution is 2.28. The molecule has 0 bridgehead atoms. The third-order valence-electron chi connectivity index (χ3n) is 3.65. The van der Waals surface area contributed by atoms with Gasteiger partial charge in [0.15, 0.2) is 0 Å². The van der Waals surface area contributed by atoms with E-state index in [0.717, 1.165) is 0 Å². The van der Waals surface area contributed by atoms with Gasteiger partial charge in [-0.3, -0.25) is 0 Å². The lowest BCUT2D eigenvalue weighted by Gasteiger charge is -2.26. The van der Waals surface area contributed by atoms with Crippen LogP contribution in [0.5, 0.6) is 5.75 Å². The van der Waals surface area contributed by atoms with Gasteiger partial charge in [0.05, 0.1) is 38.6 Å². The average molecular weight is 368 g/mol. The van der Waals surface area contributed by atoms with Crippen LogP contribution in [0.3, 0.4) is 0 Å². The van der Waals surface area contributed by atoms with Gasteiger partial charge in [-0.25, -0.2) is 13.2 Å². The summed E-state index contributed by atoms with van der Waals surface area (Å²) in [6.07, 6.45) is 0.712. The largest absolute Gasteiger partial charge is 0.495 e. The minimum atomic E-state index is -3.81. The summed E-state index contributed by atoms with van der Waals surface area (Å²) in [5.74, 6) is -0.480. The Balaban J connectivity index is 2.24. The number of nitrogens with zero attached hydrogens (tertiary/aromatic N) is 2. The monoisotopic (exact) mass is 368 g/mol. The Hall–Kier alpha value is -2.15.